The first-order valence-corrected chi connectivity index (χ1v) is 11.3. The highest BCUT2D eigenvalue weighted by molar-refractivity contribution is 6.33. The van der Waals surface area contributed by atoms with E-state index in [1.165, 1.54) is 38.9 Å². The summed E-state index contributed by atoms with van der Waals surface area (Å²) in [6, 6.07) is 1.64. The van der Waals surface area contributed by atoms with Gasteiger partial charge < -0.3 is 30.9 Å². The molecule has 2 aliphatic heterocycles. The minimum Gasteiger partial charge on any atom is -0.492 e. The molecule has 1 aromatic rings. The second-order valence-electron chi connectivity index (χ2n) is 9.05. The van der Waals surface area contributed by atoms with Gasteiger partial charge in [0.1, 0.15) is 5.75 Å². The van der Waals surface area contributed by atoms with Crippen LogP contribution in [0.25, 0.3) is 0 Å². The quantitative estimate of drug-likeness (QED) is 0.380. The molecule has 0 aromatic heterocycles. The highest BCUT2D eigenvalue weighted by Gasteiger charge is 2.55. The number of nitrogen functional groups attached to an aromatic ring is 1. The second-order valence-corrected chi connectivity index (χ2v) is 9.46. The van der Waals surface area contributed by atoms with Gasteiger partial charge in [-0.15, -0.1) is 0 Å². The first kappa shape index (κ1) is 22.7. The maximum atomic E-state index is 12.7. The molecule has 4 aliphatic rings. The molecule has 10 heteroatoms. The zero-order chi connectivity index (χ0) is 23.0. The number of piperidine rings is 1. The van der Waals surface area contributed by atoms with Gasteiger partial charge >= 0.3 is 11.9 Å². The number of nitrogens with zero attached hydrogens (tertiary/aromatic N) is 1. The Labute approximate surface area is 190 Å². The van der Waals surface area contributed by atoms with Crippen molar-refractivity contribution < 1.29 is 29.3 Å². The summed E-state index contributed by atoms with van der Waals surface area (Å²) < 4.78 is 5.64. The third kappa shape index (κ3) is 4.63. The van der Waals surface area contributed by atoms with Crippen molar-refractivity contribution in [2.24, 2.45) is 23.7 Å². The van der Waals surface area contributed by atoms with Gasteiger partial charge in [0.25, 0.3) is 5.91 Å². The summed E-state index contributed by atoms with van der Waals surface area (Å²) in [5.74, 6) is -0.00377. The van der Waals surface area contributed by atoms with Gasteiger partial charge in [-0.3, -0.25) is 4.79 Å². The van der Waals surface area contributed by atoms with Crippen molar-refractivity contribution in [3.63, 3.8) is 0 Å². The van der Waals surface area contributed by atoms with Crippen LogP contribution in [0.1, 0.15) is 35.2 Å². The molecule has 1 amide bonds. The Hall–Kier alpha value is -2.52. The zero-order valence-corrected chi connectivity index (χ0v) is 18.4. The molecule has 2 atom stereocenters. The lowest BCUT2D eigenvalue weighted by Gasteiger charge is -2.31. The Morgan fingerprint density at radius 2 is 1.84 bits per heavy atom. The smallest absolute Gasteiger partial charge is 0.414 e. The maximum Gasteiger partial charge on any atom is 0.414 e. The summed E-state index contributed by atoms with van der Waals surface area (Å²) >= 11 is 6.20. The van der Waals surface area contributed by atoms with E-state index in [4.69, 9.17) is 41.9 Å². The number of ether oxygens (including phenoxy) is 1. The van der Waals surface area contributed by atoms with Crippen LogP contribution in [-0.2, 0) is 16.0 Å². The van der Waals surface area contributed by atoms with E-state index in [0.717, 1.165) is 29.9 Å². The van der Waals surface area contributed by atoms with Gasteiger partial charge in [0, 0.05) is 38.2 Å². The normalized spacial score (nSPS) is 25.5. The number of nitrogens with one attached hydrogen (secondary N) is 1. The van der Waals surface area contributed by atoms with Gasteiger partial charge in [-0.25, -0.2) is 9.59 Å². The third-order valence-electron chi connectivity index (χ3n) is 7.08. The van der Waals surface area contributed by atoms with E-state index >= 15 is 0 Å². The van der Waals surface area contributed by atoms with Gasteiger partial charge in [-0.2, -0.15) is 0 Å². The molecule has 2 saturated carbocycles. The number of hydrogen-bond acceptors (Lipinski definition) is 6. The van der Waals surface area contributed by atoms with E-state index in [1.54, 1.807) is 6.07 Å². The minimum absolute atomic E-state index is 0.0960. The number of hydrogen-bond donors (Lipinski definition) is 4. The lowest BCUT2D eigenvalue weighted by Crippen LogP contribution is -2.34. The SMILES string of the molecule is Nc1c(Cl)cc(C(=O)NCC2C3CN(CC4CCC4)CC23)c2c1CCO2.O=C(O)C(=O)O. The highest BCUT2D eigenvalue weighted by atomic mass is 35.5. The number of carboxylic acid groups (broad SMARTS) is 2. The standard InChI is InChI=1S/C20H26ClN3O2.C2H2O4/c21-17-6-13(19-12(18(17)22)4-5-26-19)20(25)23-7-14-15-9-24(10-16(14)15)8-11-2-1-3-11;3-1(4)2(5)6/h6,11,14-16H,1-5,7-10,22H2,(H,23,25);(H,3,4)(H,5,6). The second kappa shape index (κ2) is 9.15. The number of carbonyl (C=O) groups excluding carboxylic acids is 1. The van der Waals surface area contributed by atoms with Crippen LogP contribution in [0.15, 0.2) is 6.07 Å². The van der Waals surface area contributed by atoms with E-state index in [2.05, 4.69) is 10.2 Å². The number of nitrogens with two attached hydrogens (primary N) is 1. The molecule has 5 rings (SSSR count). The minimum atomic E-state index is -1.82. The van der Waals surface area contributed by atoms with Crippen LogP contribution in [0.5, 0.6) is 5.75 Å². The van der Waals surface area contributed by atoms with Crippen LogP contribution in [0.3, 0.4) is 0 Å². The number of carbonyl (C=O) groups is 3. The van der Waals surface area contributed by atoms with Crippen LogP contribution in [0.2, 0.25) is 5.02 Å². The van der Waals surface area contributed by atoms with E-state index in [9.17, 15) is 4.79 Å². The Bertz CT molecular complexity index is 911. The van der Waals surface area contributed by atoms with Gasteiger partial charge in [-0.05, 0) is 42.6 Å². The molecule has 1 saturated heterocycles. The Balaban J connectivity index is 0.000000363. The van der Waals surface area contributed by atoms with E-state index in [0.29, 0.717) is 41.0 Å². The van der Waals surface area contributed by atoms with Crippen LogP contribution < -0.4 is 15.8 Å². The molecule has 0 radical (unpaired) electrons. The van der Waals surface area contributed by atoms with Crippen molar-refractivity contribution in [1.82, 2.24) is 10.2 Å². The van der Waals surface area contributed by atoms with Crippen LogP contribution in [-0.4, -0.2) is 65.7 Å². The number of halogens is 1. The largest absolute Gasteiger partial charge is 0.492 e. The van der Waals surface area contributed by atoms with Crippen molar-refractivity contribution in [2.45, 2.75) is 25.7 Å². The van der Waals surface area contributed by atoms with Crippen molar-refractivity contribution in [3.8, 4) is 5.75 Å². The predicted octanol–water partition coefficient (Wildman–Crippen LogP) is 1.72. The average molecular weight is 466 g/mol. The molecule has 2 unspecified atom stereocenters. The van der Waals surface area contributed by atoms with Gasteiger partial charge in [0.15, 0.2) is 0 Å². The van der Waals surface area contributed by atoms with Crippen molar-refractivity contribution in [3.05, 3.63) is 22.2 Å². The molecule has 0 spiro atoms. The van der Waals surface area contributed by atoms with Crippen molar-refractivity contribution in [2.75, 3.05) is 38.5 Å². The highest BCUT2D eigenvalue weighted by Crippen LogP contribution is 2.51. The molecule has 5 N–H and O–H groups in total. The lowest BCUT2D eigenvalue weighted by molar-refractivity contribution is -0.159. The molecule has 0 bridgehead atoms. The number of benzene rings is 1. The summed E-state index contributed by atoms with van der Waals surface area (Å²) in [4.78, 5) is 33.5. The topological polar surface area (TPSA) is 142 Å². The summed E-state index contributed by atoms with van der Waals surface area (Å²) in [6.45, 7) is 5.03. The van der Waals surface area contributed by atoms with Crippen LogP contribution >= 0.6 is 11.6 Å². The number of aliphatic carboxylic acids is 2. The average Bonchev–Trinajstić information content (AvgIpc) is 3.09. The monoisotopic (exact) mass is 465 g/mol. The molecular formula is C22H28ClN3O6. The molecule has 1 aromatic carbocycles. The molecule has 2 heterocycles. The third-order valence-corrected chi connectivity index (χ3v) is 7.40. The van der Waals surface area contributed by atoms with E-state index < -0.39 is 11.9 Å². The number of likely N-dealkylation sites (tertiary alicyclic amines) is 1. The summed E-state index contributed by atoms with van der Waals surface area (Å²) in [5, 5.41) is 18.3. The number of carboxylic acids is 2. The number of rotatable bonds is 5. The number of fused-ring (bicyclic) bond motifs is 2. The fourth-order valence-corrected chi connectivity index (χ4v) is 5.29. The van der Waals surface area contributed by atoms with Gasteiger partial charge in [0.05, 0.1) is 22.9 Å². The fraction of sp³-hybridized carbons (Fsp3) is 0.591. The lowest BCUT2D eigenvalue weighted by atomic mass is 9.85. The number of amides is 1. The van der Waals surface area contributed by atoms with E-state index in [1.807, 2.05) is 0 Å². The molecular weight excluding hydrogens is 438 g/mol. The van der Waals surface area contributed by atoms with Gasteiger partial charge in [0.2, 0.25) is 0 Å². The Morgan fingerprint density at radius 3 is 2.41 bits per heavy atom. The fourth-order valence-electron chi connectivity index (χ4n) is 5.07. The molecule has 32 heavy (non-hydrogen) atoms. The van der Waals surface area contributed by atoms with Crippen molar-refractivity contribution >= 4 is 35.1 Å². The summed E-state index contributed by atoms with van der Waals surface area (Å²) in [5.41, 5.74) is 7.95. The van der Waals surface area contributed by atoms with Gasteiger partial charge in [-0.1, -0.05) is 18.0 Å². The maximum absolute atomic E-state index is 12.7. The van der Waals surface area contributed by atoms with E-state index in [-0.39, 0.29) is 5.91 Å². The zero-order valence-electron chi connectivity index (χ0n) is 17.7. The molecule has 2 aliphatic carbocycles. The molecule has 3 fully saturated rings. The Morgan fingerprint density at radius 1 is 1.19 bits per heavy atom. The first-order chi connectivity index (χ1) is 15.3. The van der Waals surface area contributed by atoms with Crippen LogP contribution in [0.4, 0.5) is 5.69 Å². The molecule has 9 nitrogen and oxygen atoms in total. The Kier molecular flexibility index (Phi) is 6.48. The summed E-state index contributed by atoms with van der Waals surface area (Å²) in [7, 11) is 0. The predicted molar refractivity (Wildman–Crippen MR) is 117 cm³/mol. The van der Waals surface area contributed by atoms with Crippen molar-refractivity contribution in [1.29, 1.82) is 0 Å². The number of anilines is 1. The first-order valence-electron chi connectivity index (χ1n) is 11.0. The van der Waals surface area contributed by atoms with Crippen LogP contribution in [0, 0.1) is 23.7 Å². The summed E-state index contributed by atoms with van der Waals surface area (Å²) in [6.07, 6.45) is 4.97. The molecule has 174 valence electrons.